The van der Waals surface area contributed by atoms with Crippen LogP contribution in [0.4, 0.5) is 15.8 Å². The van der Waals surface area contributed by atoms with Crippen LogP contribution in [-0.4, -0.2) is 53.1 Å². The van der Waals surface area contributed by atoms with Crippen LogP contribution in [0.15, 0.2) is 67.0 Å². The lowest BCUT2D eigenvalue weighted by molar-refractivity contribution is -0.131. The SMILES string of the molecule is O=C(Nc1ccc(C2CCN(C(=O)Cc3cccc(F)c3)CC2)cc1)C1CN(c2ccnnc2)C1. The third kappa shape index (κ3) is 5.48. The fourth-order valence-electron chi connectivity index (χ4n) is 4.80. The predicted molar refractivity (Wildman–Crippen MR) is 131 cm³/mol. The van der Waals surface area contributed by atoms with Crippen LogP contribution in [-0.2, 0) is 16.0 Å². The van der Waals surface area contributed by atoms with Gasteiger partial charge in [0.25, 0.3) is 0 Å². The second-order valence-electron chi connectivity index (χ2n) is 9.28. The highest BCUT2D eigenvalue weighted by molar-refractivity contribution is 5.94. The van der Waals surface area contributed by atoms with Crippen LogP contribution in [0.1, 0.15) is 29.9 Å². The Morgan fingerprint density at radius 2 is 1.77 bits per heavy atom. The molecule has 2 aliphatic heterocycles. The Balaban J connectivity index is 1.08. The molecule has 0 radical (unpaired) electrons. The summed E-state index contributed by atoms with van der Waals surface area (Å²) in [5.41, 5.74) is 3.71. The Labute approximate surface area is 204 Å². The fourth-order valence-corrected chi connectivity index (χ4v) is 4.80. The summed E-state index contributed by atoms with van der Waals surface area (Å²) in [5, 5.41) is 10.7. The largest absolute Gasteiger partial charge is 0.368 e. The van der Waals surface area contributed by atoms with Crippen LogP contribution < -0.4 is 10.2 Å². The van der Waals surface area contributed by atoms with Gasteiger partial charge in [-0.3, -0.25) is 9.59 Å². The van der Waals surface area contributed by atoms with Crippen molar-refractivity contribution in [2.24, 2.45) is 5.92 Å². The first kappa shape index (κ1) is 23.0. The monoisotopic (exact) mass is 473 g/mol. The van der Waals surface area contributed by atoms with E-state index in [4.69, 9.17) is 0 Å². The molecular weight excluding hydrogens is 445 g/mol. The van der Waals surface area contributed by atoms with Gasteiger partial charge in [-0.15, -0.1) is 0 Å². The maximum atomic E-state index is 13.4. The van der Waals surface area contributed by atoms with Gasteiger partial charge >= 0.3 is 0 Å². The molecule has 1 N–H and O–H groups in total. The number of aromatic nitrogens is 2. The van der Waals surface area contributed by atoms with Crippen molar-refractivity contribution in [1.82, 2.24) is 15.1 Å². The van der Waals surface area contributed by atoms with E-state index in [0.29, 0.717) is 37.7 Å². The van der Waals surface area contributed by atoms with Gasteiger partial charge < -0.3 is 15.1 Å². The lowest BCUT2D eigenvalue weighted by Gasteiger charge is -2.39. The minimum atomic E-state index is -0.314. The Hall–Kier alpha value is -3.81. The van der Waals surface area contributed by atoms with Crippen LogP contribution in [0.5, 0.6) is 0 Å². The number of hydrogen-bond donors (Lipinski definition) is 1. The number of likely N-dealkylation sites (tertiary alicyclic amines) is 1. The van der Waals surface area contributed by atoms with Gasteiger partial charge in [0.2, 0.25) is 11.8 Å². The maximum Gasteiger partial charge on any atom is 0.231 e. The second-order valence-corrected chi connectivity index (χ2v) is 9.28. The van der Waals surface area contributed by atoms with Crippen LogP contribution in [0.3, 0.4) is 0 Å². The molecule has 0 saturated carbocycles. The third-order valence-electron chi connectivity index (χ3n) is 6.93. The van der Waals surface area contributed by atoms with E-state index in [-0.39, 0.29) is 30.0 Å². The molecule has 180 valence electrons. The van der Waals surface area contributed by atoms with Crippen LogP contribution in [0.2, 0.25) is 0 Å². The highest BCUT2D eigenvalue weighted by Crippen LogP contribution is 2.30. The fraction of sp³-hybridized carbons (Fsp3) is 0.333. The van der Waals surface area contributed by atoms with Crippen molar-refractivity contribution >= 4 is 23.2 Å². The lowest BCUT2D eigenvalue weighted by atomic mass is 9.89. The van der Waals surface area contributed by atoms with E-state index in [9.17, 15) is 14.0 Å². The number of halogens is 1. The molecule has 7 nitrogen and oxygen atoms in total. The molecule has 3 heterocycles. The lowest BCUT2D eigenvalue weighted by Crippen LogP contribution is -2.52. The Morgan fingerprint density at radius 3 is 2.46 bits per heavy atom. The van der Waals surface area contributed by atoms with Crippen molar-refractivity contribution < 1.29 is 14.0 Å². The van der Waals surface area contributed by atoms with Gasteiger partial charge in [0.15, 0.2) is 0 Å². The molecule has 0 unspecified atom stereocenters. The van der Waals surface area contributed by atoms with Gasteiger partial charge in [-0.1, -0.05) is 24.3 Å². The zero-order chi connectivity index (χ0) is 24.2. The Kier molecular flexibility index (Phi) is 6.70. The smallest absolute Gasteiger partial charge is 0.231 e. The van der Waals surface area contributed by atoms with Gasteiger partial charge in [0.05, 0.1) is 30.4 Å². The number of carbonyl (C=O) groups excluding carboxylic acids is 2. The van der Waals surface area contributed by atoms with E-state index >= 15 is 0 Å². The molecule has 0 atom stereocenters. The normalized spacial score (nSPS) is 16.6. The third-order valence-corrected chi connectivity index (χ3v) is 6.93. The molecule has 2 aliphatic rings. The molecule has 2 amide bonds. The molecule has 5 rings (SSSR count). The standard InChI is InChI=1S/C27H28FN5O2/c28-23-3-1-2-19(14-23)15-26(34)32-12-9-21(10-13-32)20-4-6-24(7-5-20)31-27(35)22-17-33(18-22)25-8-11-29-30-16-25/h1-8,11,14,16,21-22H,9-10,12-13,15,17-18H2,(H,31,35). The first-order chi connectivity index (χ1) is 17.0. The molecule has 0 bridgehead atoms. The van der Waals surface area contributed by atoms with Crippen molar-refractivity contribution in [3.8, 4) is 0 Å². The van der Waals surface area contributed by atoms with Crippen molar-refractivity contribution in [2.75, 3.05) is 36.4 Å². The second kappa shape index (κ2) is 10.2. The summed E-state index contributed by atoms with van der Waals surface area (Å²) in [5.74, 6) is 0.0954. The number of rotatable bonds is 6. The minimum Gasteiger partial charge on any atom is -0.368 e. The highest BCUT2D eigenvalue weighted by atomic mass is 19.1. The van der Waals surface area contributed by atoms with E-state index < -0.39 is 0 Å². The van der Waals surface area contributed by atoms with E-state index in [2.05, 4.69) is 32.5 Å². The van der Waals surface area contributed by atoms with E-state index in [1.807, 2.05) is 23.1 Å². The molecule has 0 spiro atoms. The summed E-state index contributed by atoms with van der Waals surface area (Å²) in [7, 11) is 0. The van der Waals surface area contributed by atoms with Crippen molar-refractivity contribution in [2.45, 2.75) is 25.2 Å². The summed E-state index contributed by atoms with van der Waals surface area (Å²) in [6.07, 6.45) is 5.37. The Bertz CT molecular complexity index is 1170. The van der Waals surface area contributed by atoms with Crippen molar-refractivity contribution in [3.63, 3.8) is 0 Å². The summed E-state index contributed by atoms with van der Waals surface area (Å²) in [4.78, 5) is 29.2. The average Bonchev–Trinajstić information content (AvgIpc) is 2.84. The van der Waals surface area contributed by atoms with Crippen LogP contribution in [0, 0.1) is 11.7 Å². The van der Waals surface area contributed by atoms with Crippen molar-refractivity contribution in [1.29, 1.82) is 0 Å². The number of nitrogens with one attached hydrogen (secondary N) is 1. The van der Waals surface area contributed by atoms with Crippen molar-refractivity contribution in [3.05, 3.63) is 83.9 Å². The number of anilines is 2. The molecular formula is C27H28FN5O2. The molecule has 8 heteroatoms. The van der Waals surface area contributed by atoms with Gasteiger partial charge in [-0.05, 0) is 60.2 Å². The average molecular weight is 474 g/mol. The molecule has 0 aliphatic carbocycles. The topological polar surface area (TPSA) is 78.4 Å². The summed E-state index contributed by atoms with van der Waals surface area (Å²) < 4.78 is 13.4. The van der Waals surface area contributed by atoms with Crippen LogP contribution >= 0.6 is 0 Å². The van der Waals surface area contributed by atoms with Gasteiger partial charge in [-0.2, -0.15) is 10.2 Å². The summed E-state index contributed by atoms with van der Waals surface area (Å²) in [6, 6.07) is 16.2. The van der Waals surface area contributed by atoms with Gasteiger partial charge in [-0.25, -0.2) is 4.39 Å². The van der Waals surface area contributed by atoms with Gasteiger partial charge in [0.1, 0.15) is 5.82 Å². The molecule has 1 aromatic heterocycles. The molecule has 2 aromatic carbocycles. The van der Waals surface area contributed by atoms with Gasteiger partial charge in [0, 0.05) is 31.9 Å². The molecule has 3 aromatic rings. The number of benzene rings is 2. The molecule has 35 heavy (non-hydrogen) atoms. The molecule has 2 saturated heterocycles. The highest BCUT2D eigenvalue weighted by Gasteiger charge is 2.33. The first-order valence-corrected chi connectivity index (χ1v) is 12.0. The predicted octanol–water partition coefficient (Wildman–Crippen LogP) is 3.64. The summed E-state index contributed by atoms with van der Waals surface area (Å²) >= 11 is 0. The zero-order valence-corrected chi connectivity index (χ0v) is 19.4. The first-order valence-electron chi connectivity index (χ1n) is 12.0. The number of hydrogen-bond acceptors (Lipinski definition) is 5. The Morgan fingerprint density at radius 1 is 1.00 bits per heavy atom. The maximum absolute atomic E-state index is 13.4. The number of amides is 2. The summed E-state index contributed by atoms with van der Waals surface area (Å²) in [6.45, 7) is 2.74. The molecule has 2 fully saturated rings. The number of carbonyl (C=O) groups is 2. The van der Waals surface area contributed by atoms with Crippen LogP contribution in [0.25, 0.3) is 0 Å². The minimum absolute atomic E-state index is 0.0288. The van der Waals surface area contributed by atoms with E-state index in [0.717, 1.165) is 24.2 Å². The quantitative estimate of drug-likeness (QED) is 0.592. The van der Waals surface area contributed by atoms with E-state index in [1.54, 1.807) is 24.5 Å². The number of nitrogens with zero attached hydrogens (tertiary/aromatic N) is 4. The zero-order valence-electron chi connectivity index (χ0n) is 19.4. The number of piperidine rings is 1. The van der Waals surface area contributed by atoms with E-state index in [1.165, 1.54) is 17.7 Å².